The molecule has 0 spiro atoms. The minimum absolute atomic E-state index is 0.229. The summed E-state index contributed by atoms with van der Waals surface area (Å²) in [6.07, 6.45) is 9.64. The molecule has 5 nitrogen and oxygen atoms in total. The Morgan fingerprint density at radius 3 is 2.87 bits per heavy atom. The Bertz CT molecular complexity index is 1050. The lowest BCUT2D eigenvalue weighted by molar-refractivity contribution is -0.133. The Hall–Kier alpha value is -3.08. The van der Waals surface area contributed by atoms with Gasteiger partial charge in [-0.2, -0.15) is 0 Å². The van der Waals surface area contributed by atoms with E-state index >= 15 is 0 Å². The van der Waals surface area contributed by atoms with Crippen molar-refractivity contribution in [3.05, 3.63) is 71.7 Å². The van der Waals surface area contributed by atoms with E-state index in [-0.39, 0.29) is 5.91 Å². The molecule has 3 aromatic rings. The smallest absolute Gasteiger partial charge is 0.222 e. The number of aryl methyl sites for hydroxylation is 1. The number of rotatable bonds is 5. The van der Waals surface area contributed by atoms with E-state index in [9.17, 15) is 4.79 Å². The summed E-state index contributed by atoms with van der Waals surface area (Å²) in [5, 5.41) is 1.16. The zero-order chi connectivity index (χ0) is 20.9. The highest BCUT2D eigenvalue weighted by atomic mass is 16.2. The van der Waals surface area contributed by atoms with Crippen LogP contribution in [0.1, 0.15) is 42.4 Å². The fourth-order valence-electron chi connectivity index (χ4n) is 4.55. The van der Waals surface area contributed by atoms with Gasteiger partial charge in [0.25, 0.3) is 0 Å². The van der Waals surface area contributed by atoms with Crippen molar-refractivity contribution in [3.8, 4) is 0 Å². The van der Waals surface area contributed by atoms with Crippen molar-refractivity contribution < 1.29 is 4.79 Å². The van der Waals surface area contributed by atoms with E-state index in [1.165, 1.54) is 5.56 Å². The van der Waals surface area contributed by atoms with Crippen LogP contribution in [0, 0.1) is 5.92 Å². The van der Waals surface area contributed by atoms with E-state index in [4.69, 9.17) is 0 Å². The standard InChI is InChI=1S/C25H28N4O/c1-18-13-21(17-29(16-18)24(30)10-7-19-5-3-11-27-14-19)22-9-8-20(15-26-2)25-23(22)6-4-12-28-25/h3-6,8-9,11-12,14-15,18,21H,7,10,13,16-17H2,1-2H3/t18?,21-/m1/s1. The first kappa shape index (κ1) is 20.2. The van der Waals surface area contributed by atoms with Gasteiger partial charge < -0.3 is 4.90 Å². The lowest BCUT2D eigenvalue weighted by Crippen LogP contribution is -2.42. The first-order valence-electron chi connectivity index (χ1n) is 10.6. The van der Waals surface area contributed by atoms with E-state index in [1.54, 1.807) is 13.2 Å². The predicted molar refractivity (Wildman–Crippen MR) is 121 cm³/mol. The summed E-state index contributed by atoms with van der Waals surface area (Å²) in [5.41, 5.74) is 4.40. The molecule has 3 heterocycles. The molecule has 0 bridgehead atoms. The average molecular weight is 401 g/mol. The second kappa shape index (κ2) is 9.16. The highest BCUT2D eigenvalue weighted by molar-refractivity contribution is 5.99. The third-order valence-corrected chi connectivity index (χ3v) is 5.91. The van der Waals surface area contributed by atoms with Gasteiger partial charge in [0.15, 0.2) is 0 Å². The summed E-state index contributed by atoms with van der Waals surface area (Å²) in [4.78, 5) is 28.0. The Kier molecular flexibility index (Phi) is 6.17. The van der Waals surface area contributed by atoms with Gasteiger partial charge in [0.05, 0.1) is 5.52 Å². The number of hydrogen-bond acceptors (Lipinski definition) is 4. The number of piperidine rings is 1. The third-order valence-electron chi connectivity index (χ3n) is 5.91. The Labute approximate surface area is 177 Å². The minimum atomic E-state index is 0.229. The number of amides is 1. The van der Waals surface area contributed by atoms with Gasteiger partial charge in [-0.15, -0.1) is 0 Å². The third kappa shape index (κ3) is 4.40. The Balaban J connectivity index is 1.55. The minimum Gasteiger partial charge on any atom is -0.342 e. The van der Waals surface area contributed by atoms with E-state index in [0.717, 1.165) is 48.0 Å². The number of carbonyl (C=O) groups is 1. The topological polar surface area (TPSA) is 58.5 Å². The van der Waals surface area contributed by atoms with Crippen LogP contribution in [0.5, 0.6) is 0 Å². The van der Waals surface area contributed by atoms with Gasteiger partial charge in [0.2, 0.25) is 5.91 Å². The van der Waals surface area contributed by atoms with E-state index in [2.05, 4.69) is 45.0 Å². The fraction of sp³-hybridized carbons (Fsp3) is 0.360. The normalized spacial score (nSPS) is 19.5. The number of aliphatic imine (C=N–C) groups is 1. The van der Waals surface area contributed by atoms with Gasteiger partial charge in [-0.1, -0.05) is 31.2 Å². The van der Waals surface area contributed by atoms with Crippen molar-refractivity contribution >= 4 is 23.0 Å². The fourth-order valence-corrected chi connectivity index (χ4v) is 4.55. The molecule has 2 aromatic heterocycles. The molecule has 1 aromatic carbocycles. The van der Waals surface area contributed by atoms with E-state index < -0.39 is 0 Å². The van der Waals surface area contributed by atoms with Crippen LogP contribution < -0.4 is 0 Å². The average Bonchev–Trinajstić information content (AvgIpc) is 2.78. The molecular weight excluding hydrogens is 372 g/mol. The van der Waals surface area contributed by atoms with Crippen LogP contribution in [-0.4, -0.2) is 47.1 Å². The second-order valence-corrected chi connectivity index (χ2v) is 8.23. The first-order valence-corrected chi connectivity index (χ1v) is 10.6. The number of nitrogens with zero attached hydrogens (tertiary/aromatic N) is 4. The zero-order valence-corrected chi connectivity index (χ0v) is 17.7. The van der Waals surface area contributed by atoms with Crippen LogP contribution in [0.25, 0.3) is 10.9 Å². The van der Waals surface area contributed by atoms with Crippen LogP contribution in [0.3, 0.4) is 0 Å². The number of aromatic nitrogens is 2. The molecule has 1 amide bonds. The number of likely N-dealkylation sites (tertiary alicyclic amines) is 1. The molecule has 1 saturated heterocycles. The molecule has 0 aliphatic carbocycles. The molecule has 30 heavy (non-hydrogen) atoms. The zero-order valence-electron chi connectivity index (χ0n) is 17.7. The van der Waals surface area contributed by atoms with Crippen molar-refractivity contribution in [2.24, 2.45) is 10.9 Å². The molecule has 0 radical (unpaired) electrons. The molecule has 2 atom stereocenters. The van der Waals surface area contributed by atoms with Gasteiger partial charge in [-0.05, 0) is 42.0 Å². The SMILES string of the molecule is CN=Cc1ccc([C@@H]2CC(C)CN(C(=O)CCc3cccnc3)C2)c2cccnc12. The summed E-state index contributed by atoms with van der Waals surface area (Å²) in [5.74, 6) is 1.01. The van der Waals surface area contributed by atoms with Gasteiger partial charge in [-0.3, -0.25) is 19.8 Å². The molecule has 4 rings (SSSR count). The summed E-state index contributed by atoms with van der Waals surface area (Å²) >= 11 is 0. The van der Waals surface area contributed by atoms with Gasteiger partial charge >= 0.3 is 0 Å². The van der Waals surface area contributed by atoms with Crippen molar-refractivity contribution in [1.82, 2.24) is 14.9 Å². The Morgan fingerprint density at radius 2 is 2.07 bits per heavy atom. The lowest BCUT2D eigenvalue weighted by Gasteiger charge is -2.37. The molecule has 1 fully saturated rings. The van der Waals surface area contributed by atoms with Gasteiger partial charge in [0.1, 0.15) is 0 Å². The number of hydrogen-bond donors (Lipinski definition) is 0. The second-order valence-electron chi connectivity index (χ2n) is 8.23. The monoisotopic (exact) mass is 400 g/mol. The van der Waals surface area contributed by atoms with Crippen LogP contribution in [0.4, 0.5) is 0 Å². The quantitative estimate of drug-likeness (QED) is 0.601. The molecule has 0 saturated carbocycles. The van der Waals surface area contributed by atoms with Crippen LogP contribution in [0.2, 0.25) is 0 Å². The maximum atomic E-state index is 13.0. The number of benzene rings is 1. The number of fused-ring (bicyclic) bond motifs is 1. The molecular formula is C25H28N4O. The van der Waals surface area contributed by atoms with Crippen LogP contribution in [-0.2, 0) is 11.2 Å². The number of carbonyl (C=O) groups excluding carboxylic acids is 1. The molecule has 154 valence electrons. The maximum Gasteiger partial charge on any atom is 0.222 e. The lowest BCUT2D eigenvalue weighted by atomic mass is 9.83. The molecule has 1 aliphatic heterocycles. The summed E-state index contributed by atoms with van der Waals surface area (Å²) in [7, 11) is 1.78. The van der Waals surface area contributed by atoms with E-state index in [0.29, 0.717) is 18.3 Å². The largest absolute Gasteiger partial charge is 0.342 e. The van der Waals surface area contributed by atoms with Crippen molar-refractivity contribution in [3.63, 3.8) is 0 Å². The molecule has 5 heteroatoms. The van der Waals surface area contributed by atoms with Gasteiger partial charge in [0, 0.05) is 68.2 Å². The summed E-state index contributed by atoms with van der Waals surface area (Å²) < 4.78 is 0. The molecule has 1 aliphatic rings. The summed E-state index contributed by atoms with van der Waals surface area (Å²) in [6, 6.07) is 12.4. The maximum absolute atomic E-state index is 13.0. The number of pyridine rings is 2. The summed E-state index contributed by atoms with van der Waals surface area (Å²) in [6.45, 7) is 3.84. The van der Waals surface area contributed by atoms with Crippen molar-refractivity contribution in [1.29, 1.82) is 0 Å². The molecule has 0 N–H and O–H groups in total. The van der Waals surface area contributed by atoms with Crippen molar-refractivity contribution in [2.45, 2.75) is 32.1 Å². The Morgan fingerprint density at radius 1 is 1.20 bits per heavy atom. The van der Waals surface area contributed by atoms with Crippen LogP contribution >= 0.6 is 0 Å². The highest BCUT2D eigenvalue weighted by Crippen LogP contribution is 2.35. The predicted octanol–water partition coefficient (Wildman–Crippen LogP) is 4.26. The molecule has 1 unspecified atom stereocenters. The van der Waals surface area contributed by atoms with Gasteiger partial charge in [-0.25, -0.2) is 0 Å². The highest BCUT2D eigenvalue weighted by Gasteiger charge is 2.29. The van der Waals surface area contributed by atoms with Crippen LogP contribution in [0.15, 0.2) is 60.0 Å². The van der Waals surface area contributed by atoms with E-state index in [1.807, 2.05) is 36.8 Å². The first-order chi connectivity index (χ1) is 14.7. The van der Waals surface area contributed by atoms with Crippen molar-refractivity contribution in [2.75, 3.05) is 20.1 Å².